The van der Waals surface area contributed by atoms with Crippen molar-refractivity contribution in [2.45, 2.75) is 20.4 Å². The average Bonchev–Trinajstić information content (AvgIpc) is 3.15. The molecule has 2 aromatic rings. The fourth-order valence-electron chi connectivity index (χ4n) is 2.52. The number of nitrogens with two attached hydrogens (primary N) is 1. The number of anilines is 1. The largest absolute Gasteiger partial charge is 0.467 e. The number of hydrogen-bond acceptors (Lipinski definition) is 5. The van der Waals surface area contributed by atoms with Crippen LogP contribution in [0.5, 0.6) is 0 Å². The first kappa shape index (κ1) is 19.7. The standard InChI is InChI=1S/C19H26N4O3/c1-3-23(4-2)9-8-21-18(24)14-6-5-7-16(10-14)22-19(25)15-11-17(12-20)26-13-15/h5-7,10-11,13H,3-4,8-9,12,20H2,1-2H3,(H,21,24)(H,22,25). The van der Waals surface area contributed by atoms with E-state index in [1.54, 1.807) is 30.3 Å². The third-order valence-electron chi connectivity index (χ3n) is 4.11. The van der Waals surface area contributed by atoms with Crippen molar-refractivity contribution >= 4 is 17.5 Å². The predicted octanol–water partition coefficient (Wildman–Crippen LogP) is 2.06. The van der Waals surface area contributed by atoms with Crippen LogP contribution in [-0.4, -0.2) is 42.9 Å². The van der Waals surface area contributed by atoms with Crippen molar-refractivity contribution < 1.29 is 14.0 Å². The SMILES string of the molecule is CCN(CC)CCNC(=O)c1cccc(NC(=O)c2coc(CN)c2)c1. The summed E-state index contributed by atoms with van der Waals surface area (Å²) in [7, 11) is 0. The second kappa shape index (κ2) is 9.74. The number of furan rings is 1. The lowest BCUT2D eigenvalue weighted by Gasteiger charge is -2.18. The maximum atomic E-state index is 12.3. The van der Waals surface area contributed by atoms with Crippen molar-refractivity contribution in [1.82, 2.24) is 10.2 Å². The Morgan fingerprint density at radius 3 is 2.54 bits per heavy atom. The first-order chi connectivity index (χ1) is 12.6. The van der Waals surface area contributed by atoms with E-state index in [-0.39, 0.29) is 18.4 Å². The Bertz CT molecular complexity index is 738. The molecule has 4 N–H and O–H groups in total. The number of nitrogens with zero attached hydrogens (tertiary/aromatic N) is 1. The molecule has 0 atom stereocenters. The Hall–Kier alpha value is -2.64. The summed E-state index contributed by atoms with van der Waals surface area (Å²) < 4.78 is 5.16. The monoisotopic (exact) mass is 358 g/mol. The van der Waals surface area contributed by atoms with Crippen molar-refractivity contribution in [1.29, 1.82) is 0 Å². The topological polar surface area (TPSA) is 101 Å². The van der Waals surface area contributed by atoms with E-state index in [9.17, 15) is 9.59 Å². The van der Waals surface area contributed by atoms with Crippen molar-refractivity contribution in [2.24, 2.45) is 5.73 Å². The third-order valence-corrected chi connectivity index (χ3v) is 4.11. The summed E-state index contributed by atoms with van der Waals surface area (Å²) in [5.41, 5.74) is 6.90. The molecule has 2 rings (SSSR count). The first-order valence-electron chi connectivity index (χ1n) is 8.76. The summed E-state index contributed by atoms with van der Waals surface area (Å²) in [5.74, 6) is 0.0611. The lowest BCUT2D eigenvalue weighted by molar-refractivity contribution is 0.0947. The fourth-order valence-corrected chi connectivity index (χ4v) is 2.52. The van der Waals surface area contributed by atoms with E-state index >= 15 is 0 Å². The molecule has 7 nitrogen and oxygen atoms in total. The molecule has 0 radical (unpaired) electrons. The van der Waals surface area contributed by atoms with Crippen LogP contribution < -0.4 is 16.4 Å². The number of hydrogen-bond donors (Lipinski definition) is 3. The van der Waals surface area contributed by atoms with Crippen molar-refractivity contribution in [3.8, 4) is 0 Å². The highest BCUT2D eigenvalue weighted by Gasteiger charge is 2.12. The second-order valence-corrected chi connectivity index (χ2v) is 5.82. The lowest BCUT2D eigenvalue weighted by atomic mass is 10.1. The number of benzene rings is 1. The van der Waals surface area contributed by atoms with E-state index in [0.29, 0.717) is 29.1 Å². The zero-order chi connectivity index (χ0) is 18.9. The smallest absolute Gasteiger partial charge is 0.258 e. The van der Waals surface area contributed by atoms with E-state index in [4.69, 9.17) is 10.2 Å². The number of carbonyl (C=O) groups is 2. The minimum Gasteiger partial charge on any atom is -0.467 e. The molecule has 140 valence electrons. The highest BCUT2D eigenvalue weighted by Crippen LogP contribution is 2.14. The molecule has 1 heterocycles. The van der Waals surface area contributed by atoms with Crippen LogP contribution in [0.2, 0.25) is 0 Å². The molecule has 0 bridgehead atoms. The van der Waals surface area contributed by atoms with Crippen molar-refractivity contribution in [2.75, 3.05) is 31.5 Å². The van der Waals surface area contributed by atoms with Crippen LogP contribution in [0.15, 0.2) is 41.0 Å². The molecule has 7 heteroatoms. The lowest BCUT2D eigenvalue weighted by Crippen LogP contribution is -2.34. The molecule has 0 aliphatic carbocycles. The van der Waals surface area contributed by atoms with Gasteiger partial charge in [-0.3, -0.25) is 9.59 Å². The van der Waals surface area contributed by atoms with Crippen molar-refractivity contribution in [3.05, 3.63) is 53.5 Å². The van der Waals surface area contributed by atoms with Gasteiger partial charge in [0.05, 0.1) is 12.1 Å². The van der Waals surface area contributed by atoms with Gasteiger partial charge in [-0.2, -0.15) is 0 Å². The molecular weight excluding hydrogens is 332 g/mol. The molecule has 0 aliphatic rings. The normalized spacial score (nSPS) is 10.8. The Balaban J connectivity index is 1.94. The van der Waals surface area contributed by atoms with Crippen LogP contribution in [0.3, 0.4) is 0 Å². The molecular formula is C19H26N4O3. The maximum absolute atomic E-state index is 12.3. The highest BCUT2D eigenvalue weighted by molar-refractivity contribution is 6.05. The quantitative estimate of drug-likeness (QED) is 0.637. The molecule has 1 aromatic heterocycles. The number of nitrogens with one attached hydrogen (secondary N) is 2. The van der Waals surface area contributed by atoms with Crippen molar-refractivity contribution in [3.63, 3.8) is 0 Å². The summed E-state index contributed by atoms with van der Waals surface area (Å²) in [6, 6.07) is 8.42. The summed E-state index contributed by atoms with van der Waals surface area (Å²) in [6.45, 7) is 7.70. The zero-order valence-corrected chi connectivity index (χ0v) is 15.2. The minimum atomic E-state index is -0.312. The van der Waals surface area contributed by atoms with Crippen LogP contribution in [0.1, 0.15) is 40.3 Å². The highest BCUT2D eigenvalue weighted by atomic mass is 16.3. The predicted molar refractivity (Wildman–Crippen MR) is 101 cm³/mol. The van der Waals surface area contributed by atoms with Crippen LogP contribution in [0, 0.1) is 0 Å². The molecule has 0 aliphatic heterocycles. The number of amides is 2. The van der Waals surface area contributed by atoms with Gasteiger partial charge in [0.15, 0.2) is 0 Å². The third kappa shape index (κ3) is 5.44. The van der Waals surface area contributed by atoms with Gasteiger partial charge in [0.25, 0.3) is 11.8 Å². The van der Waals surface area contributed by atoms with Crippen LogP contribution in [-0.2, 0) is 6.54 Å². The van der Waals surface area contributed by atoms with Crippen LogP contribution in [0.25, 0.3) is 0 Å². The Labute approximate surface area is 153 Å². The van der Waals surface area contributed by atoms with Crippen LogP contribution >= 0.6 is 0 Å². The fraction of sp³-hybridized carbons (Fsp3) is 0.368. The molecule has 0 fully saturated rings. The van der Waals surface area contributed by atoms with Gasteiger partial charge in [-0.25, -0.2) is 0 Å². The van der Waals surface area contributed by atoms with Gasteiger partial charge in [-0.15, -0.1) is 0 Å². The maximum Gasteiger partial charge on any atom is 0.258 e. The number of likely N-dealkylation sites (N-methyl/N-ethyl adjacent to an activating group) is 1. The zero-order valence-electron chi connectivity index (χ0n) is 15.2. The van der Waals surface area contributed by atoms with Gasteiger partial charge >= 0.3 is 0 Å². The van der Waals surface area contributed by atoms with E-state index in [1.165, 1.54) is 6.26 Å². The minimum absolute atomic E-state index is 0.165. The van der Waals surface area contributed by atoms with Gasteiger partial charge < -0.3 is 25.7 Å². The van der Waals surface area contributed by atoms with Crippen LogP contribution in [0.4, 0.5) is 5.69 Å². The van der Waals surface area contributed by atoms with E-state index < -0.39 is 0 Å². The van der Waals surface area contributed by atoms with Gasteiger partial charge in [-0.05, 0) is 37.4 Å². The Morgan fingerprint density at radius 2 is 1.88 bits per heavy atom. The number of rotatable bonds is 9. The van der Waals surface area contributed by atoms with E-state index in [2.05, 4.69) is 29.4 Å². The summed E-state index contributed by atoms with van der Waals surface area (Å²) in [6.07, 6.45) is 1.36. The summed E-state index contributed by atoms with van der Waals surface area (Å²) in [5, 5.41) is 5.65. The Kier molecular flexibility index (Phi) is 7.37. The van der Waals surface area contributed by atoms with E-state index in [1.807, 2.05) is 0 Å². The Morgan fingerprint density at radius 1 is 1.12 bits per heavy atom. The molecule has 26 heavy (non-hydrogen) atoms. The average molecular weight is 358 g/mol. The number of carbonyl (C=O) groups excluding carboxylic acids is 2. The molecule has 0 spiro atoms. The van der Waals surface area contributed by atoms with E-state index in [0.717, 1.165) is 19.6 Å². The molecule has 1 aromatic carbocycles. The van der Waals surface area contributed by atoms with Gasteiger partial charge in [0.2, 0.25) is 0 Å². The molecule has 0 saturated carbocycles. The first-order valence-corrected chi connectivity index (χ1v) is 8.76. The van der Waals surface area contributed by atoms with Gasteiger partial charge in [0.1, 0.15) is 12.0 Å². The second-order valence-electron chi connectivity index (χ2n) is 5.82. The molecule has 2 amide bonds. The summed E-state index contributed by atoms with van der Waals surface area (Å²) >= 11 is 0. The molecule has 0 saturated heterocycles. The summed E-state index contributed by atoms with van der Waals surface area (Å²) in [4.78, 5) is 26.7. The van der Waals surface area contributed by atoms with Gasteiger partial charge in [0, 0.05) is 24.3 Å². The molecule has 0 unspecified atom stereocenters. The van der Waals surface area contributed by atoms with Gasteiger partial charge in [-0.1, -0.05) is 19.9 Å².